The summed E-state index contributed by atoms with van der Waals surface area (Å²) in [5.41, 5.74) is 0.605. The number of rotatable bonds is 7. The lowest BCUT2D eigenvalue weighted by atomic mass is 9.79. The highest BCUT2D eigenvalue weighted by Crippen LogP contribution is 2.49. The summed E-state index contributed by atoms with van der Waals surface area (Å²) in [6.45, 7) is 3.46. The number of hydrogen-bond donors (Lipinski definition) is 0. The number of carbonyl (C=O) groups is 2. The fraction of sp³-hybridized carbons (Fsp3) is 0.476. The zero-order valence-electron chi connectivity index (χ0n) is 17.3. The van der Waals surface area contributed by atoms with Crippen molar-refractivity contribution in [1.29, 1.82) is 0 Å². The third kappa shape index (κ3) is 4.21. The van der Waals surface area contributed by atoms with E-state index in [4.69, 9.17) is 30.7 Å². The fourth-order valence-corrected chi connectivity index (χ4v) is 4.10. The summed E-state index contributed by atoms with van der Waals surface area (Å²) >= 11 is 6.39. The molecule has 1 amide bonds. The molecule has 1 aromatic carbocycles. The number of oxime groups is 1. The molecule has 8 nitrogen and oxygen atoms in total. The Kier molecular flexibility index (Phi) is 7.12. The van der Waals surface area contributed by atoms with Crippen LogP contribution in [0.5, 0.6) is 0 Å². The van der Waals surface area contributed by atoms with Crippen LogP contribution in [0.1, 0.15) is 45.1 Å². The van der Waals surface area contributed by atoms with Gasteiger partial charge in [0.05, 0.1) is 11.3 Å². The molecule has 0 N–H and O–H groups in total. The first-order valence-electron chi connectivity index (χ1n) is 9.76. The van der Waals surface area contributed by atoms with E-state index in [-0.39, 0.29) is 18.1 Å². The highest BCUT2D eigenvalue weighted by molar-refractivity contribution is 6.35. The summed E-state index contributed by atoms with van der Waals surface area (Å²) in [4.78, 5) is 36.2. The van der Waals surface area contributed by atoms with Gasteiger partial charge in [0.15, 0.2) is 6.79 Å². The summed E-state index contributed by atoms with van der Waals surface area (Å²) in [5.74, 6) is -0.697. The molecular formula is C21H25ClN2O6. The minimum atomic E-state index is -0.971. The third-order valence-corrected chi connectivity index (χ3v) is 5.50. The van der Waals surface area contributed by atoms with Gasteiger partial charge in [0.1, 0.15) is 18.4 Å². The quantitative estimate of drug-likeness (QED) is 0.280. The molecule has 30 heavy (non-hydrogen) atoms. The van der Waals surface area contributed by atoms with E-state index in [0.717, 1.165) is 5.71 Å². The Morgan fingerprint density at radius 3 is 2.57 bits per heavy atom. The fourth-order valence-electron chi connectivity index (χ4n) is 3.87. The Morgan fingerprint density at radius 2 is 1.97 bits per heavy atom. The molecular weight excluding hydrogens is 412 g/mol. The van der Waals surface area contributed by atoms with Crippen molar-refractivity contribution in [3.63, 3.8) is 0 Å². The Morgan fingerprint density at radius 1 is 1.27 bits per heavy atom. The van der Waals surface area contributed by atoms with Crippen LogP contribution in [0.4, 0.5) is 0 Å². The average Bonchev–Trinajstić information content (AvgIpc) is 2.92. The zero-order chi connectivity index (χ0) is 21.7. The molecule has 9 heteroatoms. The molecule has 1 saturated carbocycles. The third-order valence-electron chi connectivity index (χ3n) is 5.17. The van der Waals surface area contributed by atoms with Crippen molar-refractivity contribution in [2.75, 3.05) is 20.5 Å². The summed E-state index contributed by atoms with van der Waals surface area (Å²) in [7, 11) is 1.49. The SMILES string of the molecule is CCOCON1C(=O)C(c2ccccc2Cl)=C(OC(C)=O)C12CCC(=NOC)CC2. The molecule has 1 fully saturated rings. The maximum absolute atomic E-state index is 13.5. The van der Waals surface area contributed by atoms with Crippen LogP contribution in [0, 0.1) is 0 Å². The van der Waals surface area contributed by atoms with E-state index >= 15 is 0 Å². The predicted octanol–water partition coefficient (Wildman–Crippen LogP) is 3.70. The molecule has 1 aliphatic carbocycles. The van der Waals surface area contributed by atoms with Crippen LogP contribution in [0.3, 0.4) is 0 Å². The smallest absolute Gasteiger partial charge is 0.307 e. The van der Waals surface area contributed by atoms with Gasteiger partial charge in [-0.3, -0.25) is 9.59 Å². The Balaban J connectivity index is 2.11. The minimum Gasteiger partial charge on any atom is -0.428 e. The molecule has 0 unspecified atom stereocenters. The van der Waals surface area contributed by atoms with Crippen molar-refractivity contribution >= 4 is 34.8 Å². The van der Waals surface area contributed by atoms with Crippen molar-refractivity contribution in [2.24, 2.45) is 5.16 Å². The number of hydrogen-bond acceptors (Lipinski definition) is 7. The molecule has 0 atom stereocenters. The highest BCUT2D eigenvalue weighted by atomic mass is 35.5. The predicted molar refractivity (Wildman–Crippen MR) is 110 cm³/mol. The van der Waals surface area contributed by atoms with Crippen molar-refractivity contribution in [3.8, 4) is 0 Å². The molecule has 0 saturated heterocycles. The number of nitrogens with zero attached hydrogens (tertiary/aromatic N) is 2. The van der Waals surface area contributed by atoms with E-state index in [2.05, 4.69) is 5.16 Å². The molecule has 3 rings (SSSR count). The van der Waals surface area contributed by atoms with E-state index in [1.54, 1.807) is 24.3 Å². The van der Waals surface area contributed by atoms with Gasteiger partial charge in [-0.1, -0.05) is 35.0 Å². The number of amides is 1. The summed E-state index contributed by atoms with van der Waals surface area (Å²) in [5, 5.41) is 5.70. The Bertz CT molecular complexity index is 872. The molecule has 1 aromatic rings. The van der Waals surface area contributed by atoms with Crippen LogP contribution in [-0.4, -0.2) is 48.7 Å². The minimum absolute atomic E-state index is 0.105. The van der Waals surface area contributed by atoms with Crippen LogP contribution in [0.25, 0.3) is 5.57 Å². The monoisotopic (exact) mass is 436 g/mol. The van der Waals surface area contributed by atoms with Gasteiger partial charge in [0.2, 0.25) is 0 Å². The first-order valence-corrected chi connectivity index (χ1v) is 10.1. The van der Waals surface area contributed by atoms with Gasteiger partial charge in [-0.2, -0.15) is 0 Å². The van der Waals surface area contributed by atoms with E-state index in [0.29, 0.717) is 42.9 Å². The van der Waals surface area contributed by atoms with Gasteiger partial charge >= 0.3 is 5.97 Å². The summed E-state index contributed by atoms with van der Waals surface area (Å²) in [6.07, 6.45) is 2.00. The van der Waals surface area contributed by atoms with E-state index in [1.165, 1.54) is 19.1 Å². The van der Waals surface area contributed by atoms with Crippen molar-refractivity contribution < 1.29 is 28.7 Å². The maximum Gasteiger partial charge on any atom is 0.307 e. The van der Waals surface area contributed by atoms with E-state index in [1.807, 2.05) is 6.92 Å². The van der Waals surface area contributed by atoms with E-state index in [9.17, 15) is 9.59 Å². The summed E-state index contributed by atoms with van der Waals surface area (Å²) in [6, 6.07) is 6.95. The number of benzene rings is 1. The second-order valence-electron chi connectivity index (χ2n) is 6.99. The molecule has 2 aliphatic rings. The molecule has 1 spiro atoms. The molecule has 1 aliphatic heterocycles. The van der Waals surface area contributed by atoms with Gasteiger partial charge in [0.25, 0.3) is 5.91 Å². The zero-order valence-corrected chi connectivity index (χ0v) is 18.0. The second-order valence-corrected chi connectivity index (χ2v) is 7.40. The van der Waals surface area contributed by atoms with Crippen LogP contribution in [0.2, 0.25) is 5.02 Å². The molecule has 0 radical (unpaired) electrons. The lowest BCUT2D eigenvalue weighted by Crippen LogP contribution is -2.51. The topological polar surface area (TPSA) is 86.7 Å². The maximum atomic E-state index is 13.5. The molecule has 0 aromatic heterocycles. The standard InChI is InChI=1S/C21H25ClN2O6/c1-4-28-13-29-24-20(26)18(16-7-5-6-8-17(16)22)19(30-14(2)25)21(24)11-9-15(10-12-21)23-27-3/h5-8H,4,9-13H2,1-3H3. The lowest BCUT2D eigenvalue weighted by molar-refractivity contribution is -0.251. The average molecular weight is 437 g/mol. The van der Waals surface area contributed by atoms with Crippen LogP contribution >= 0.6 is 11.6 Å². The molecule has 162 valence electrons. The highest BCUT2D eigenvalue weighted by Gasteiger charge is 2.56. The summed E-state index contributed by atoms with van der Waals surface area (Å²) < 4.78 is 11.0. The van der Waals surface area contributed by atoms with Crippen LogP contribution in [0.15, 0.2) is 35.2 Å². The lowest BCUT2D eigenvalue weighted by Gasteiger charge is -2.40. The number of hydroxylamine groups is 2. The Labute approximate surface area is 180 Å². The number of carbonyl (C=O) groups excluding carboxylic acids is 2. The van der Waals surface area contributed by atoms with E-state index < -0.39 is 17.4 Å². The van der Waals surface area contributed by atoms with Crippen LogP contribution in [-0.2, 0) is 28.7 Å². The first-order chi connectivity index (χ1) is 14.4. The van der Waals surface area contributed by atoms with Gasteiger partial charge in [-0.05, 0) is 38.7 Å². The van der Waals surface area contributed by atoms with Gasteiger partial charge < -0.3 is 14.3 Å². The number of ether oxygens (including phenoxy) is 2. The molecule has 1 heterocycles. The van der Waals surface area contributed by atoms with Gasteiger partial charge in [-0.25, -0.2) is 9.90 Å². The Hall–Kier alpha value is -2.42. The van der Waals surface area contributed by atoms with Crippen LogP contribution < -0.4 is 0 Å². The molecule has 0 bridgehead atoms. The van der Waals surface area contributed by atoms with Crippen molar-refractivity contribution in [1.82, 2.24) is 5.06 Å². The normalized spacial score (nSPS) is 21.4. The van der Waals surface area contributed by atoms with Gasteiger partial charge in [-0.15, -0.1) is 0 Å². The van der Waals surface area contributed by atoms with Gasteiger partial charge in [0, 0.05) is 24.1 Å². The largest absolute Gasteiger partial charge is 0.428 e. The first kappa shape index (κ1) is 22.3. The number of halogens is 1. The second kappa shape index (κ2) is 9.59. The van der Waals surface area contributed by atoms with Crippen molar-refractivity contribution in [2.45, 2.75) is 45.1 Å². The van der Waals surface area contributed by atoms with Crippen molar-refractivity contribution in [3.05, 3.63) is 40.6 Å². The number of esters is 1.